The van der Waals surface area contributed by atoms with Gasteiger partial charge in [0, 0.05) is 23.6 Å². The molecule has 1 atom stereocenters. The standard InChI is InChI=1S/C27H27ClN2O/c28-19-11-10-18-24(31)27-29-25(22-14-6-2-7-15-22)26(23-16-8-3-9-17-23)30(27)20-21-12-4-1-5-13-21/h1-9,12-17,24,31H,10-11,18-20H2. The van der Waals surface area contributed by atoms with Crippen molar-refractivity contribution in [2.45, 2.75) is 31.9 Å². The average Bonchev–Trinajstić information content (AvgIpc) is 3.20. The predicted molar refractivity (Wildman–Crippen MR) is 128 cm³/mol. The van der Waals surface area contributed by atoms with Crippen molar-refractivity contribution in [3.8, 4) is 22.5 Å². The van der Waals surface area contributed by atoms with Crippen LogP contribution in [0.15, 0.2) is 91.0 Å². The summed E-state index contributed by atoms with van der Waals surface area (Å²) in [7, 11) is 0. The van der Waals surface area contributed by atoms with E-state index in [0.717, 1.165) is 35.4 Å². The van der Waals surface area contributed by atoms with E-state index in [9.17, 15) is 5.11 Å². The van der Waals surface area contributed by atoms with Crippen LogP contribution in [0.3, 0.4) is 0 Å². The number of unbranched alkanes of at least 4 members (excludes halogenated alkanes) is 1. The number of imidazole rings is 1. The number of rotatable bonds is 9. The molecule has 4 rings (SSSR count). The summed E-state index contributed by atoms with van der Waals surface area (Å²) in [6.07, 6.45) is 1.74. The number of aliphatic hydroxyl groups is 1. The van der Waals surface area contributed by atoms with Gasteiger partial charge in [0.15, 0.2) is 0 Å². The van der Waals surface area contributed by atoms with Gasteiger partial charge in [-0.05, 0) is 24.8 Å². The fourth-order valence-corrected chi connectivity index (χ4v) is 4.09. The first kappa shape index (κ1) is 21.4. The van der Waals surface area contributed by atoms with Gasteiger partial charge in [0.25, 0.3) is 0 Å². The second-order valence-corrected chi connectivity index (χ2v) is 8.05. The van der Waals surface area contributed by atoms with E-state index in [1.807, 2.05) is 54.6 Å². The van der Waals surface area contributed by atoms with E-state index >= 15 is 0 Å². The first-order valence-electron chi connectivity index (χ1n) is 10.8. The Kier molecular flexibility index (Phi) is 7.18. The van der Waals surface area contributed by atoms with Crippen molar-refractivity contribution in [1.29, 1.82) is 0 Å². The van der Waals surface area contributed by atoms with Crippen LogP contribution < -0.4 is 0 Å². The summed E-state index contributed by atoms with van der Waals surface area (Å²) in [6, 6.07) is 30.9. The number of nitrogens with zero attached hydrogens (tertiary/aromatic N) is 2. The van der Waals surface area contributed by atoms with E-state index in [-0.39, 0.29) is 0 Å². The molecule has 0 fully saturated rings. The zero-order valence-corrected chi connectivity index (χ0v) is 18.2. The Bertz CT molecular complexity index is 1080. The smallest absolute Gasteiger partial charge is 0.139 e. The molecule has 1 heterocycles. The Morgan fingerprint density at radius 1 is 0.774 bits per heavy atom. The van der Waals surface area contributed by atoms with Gasteiger partial charge in [0.2, 0.25) is 0 Å². The van der Waals surface area contributed by atoms with Crippen molar-refractivity contribution < 1.29 is 5.11 Å². The SMILES string of the molecule is OC(CCCCCl)c1nc(-c2ccccc2)c(-c2ccccc2)n1Cc1ccccc1. The van der Waals surface area contributed by atoms with Crippen LogP contribution in [0.25, 0.3) is 22.5 Å². The molecule has 0 radical (unpaired) electrons. The highest BCUT2D eigenvalue weighted by Crippen LogP contribution is 2.36. The van der Waals surface area contributed by atoms with Crippen LogP contribution in [-0.2, 0) is 6.54 Å². The molecule has 0 saturated carbocycles. The monoisotopic (exact) mass is 430 g/mol. The molecular formula is C27H27ClN2O. The Hall–Kier alpha value is -2.88. The van der Waals surface area contributed by atoms with Gasteiger partial charge in [0.05, 0.1) is 11.4 Å². The molecule has 1 N–H and O–H groups in total. The molecule has 0 bridgehead atoms. The van der Waals surface area contributed by atoms with Gasteiger partial charge in [-0.1, -0.05) is 91.0 Å². The Balaban J connectivity index is 1.88. The highest BCUT2D eigenvalue weighted by atomic mass is 35.5. The van der Waals surface area contributed by atoms with Crippen LogP contribution in [0.5, 0.6) is 0 Å². The molecular weight excluding hydrogens is 404 g/mol. The van der Waals surface area contributed by atoms with E-state index in [1.165, 1.54) is 5.56 Å². The summed E-state index contributed by atoms with van der Waals surface area (Å²) < 4.78 is 2.18. The molecule has 0 spiro atoms. The number of alkyl halides is 1. The molecule has 0 aliphatic rings. The molecule has 3 aromatic carbocycles. The zero-order chi connectivity index (χ0) is 21.5. The average molecular weight is 431 g/mol. The quantitative estimate of drug-likeness (QED) is 0.237. The Morgan fingerprint density at radius 3 is 1.97 bits per heavy atom. The summed E-state index contributed by atoms with van der Waals surface area (Å²) in [5.74, 6) is 1.31. The Morgan fingerprint density at radius 2 is 1.35 bits per heavy atom. The van der Waals surface area contributed by atoms with E-state index in [2.05, 4.69) is 41.0 Å². The number of benzene rings is 3. The topological polar surface area (TPSA) is 38.1 Å². The fourth-order valence-electron chi connectivity index (χ4n) is 3.90. The van der Waals surface area contributed by atoms with Crippen molar-refractivity contribution in [3.05, 3.63) is 102 Å². The largest absolute Gasteiger partial charge is 0.385 e. The van der Waals surface area contributed by atoms with Gasteiger partial charge in [-0.2, -0.15) is 0 Å². The van der Waals surface area contributed by atoms with Crippen molar-refractivity contribution in [1.82, 2.24) is 9.55 Å². The highest BCUT2D eigenvalue weighted by Gasteiger charge is 2.24. The molecule has 4 aromatic rings. The van der Waals surface area contributed by atoms with Crippen LogP contribution in [0.4, 0.5) is 0 Å². The number of hydrogen-bond donors (Lipinski definition) is 1. The summed E-state index contributed by atoms with van der Waals surface area (Å²) in [5, 5.41) is 11.1. The van der Waals surface area contributed by atoms with Gasteiger partial charge >= 0.3 is 0 Å². The van der Waals surface area contributed by atoms with E-state index in [1.54, 1.807) is 0 Å². The summed E-state index contributed by atoms with van der Waals surface area (Å²) >= 11 is 5.86. The molecule has 1 unspecified atom stereocenters. The lowest BCUT2D eigenvalue weighted by Gasteiger charge is -2.16. The number of aliphatic hydroxyl groups excluding tert-OH is 1. The molecule has 0 saturated heterocycles. The van der Waals surface area contributed by atoms with Gasteiger partial charge in [-0.25, -0.2) is 4.98 Å². The van der Waals surface area contributed by atoms with Gasteiger partial charge in [-0.15, -0.1) is 11.6 Å². The predicted octanol–water partition coefficient (Wildman–Crippen LogP) is 6.71. The summed E-state index contributed by atoms with van der Waals surface area (Å²) in [4.78, 5) is 5.01. The van der Waals surface area contributed by atoms with Crippen molar-refractivity contribution in [3.63, 3.8) is 0 Å². The minimum Gasteiger partial charge on any atom is -0.385 e. The molecule has 1 aromatic heterocycles. The molecule has 31 heavy (non-hydrogen) atoms. The minimum atomic E-state index is -0.646. The molecule has 0 aliphatic heterocycles. The lowest BCUT2D eigenvalue weighted by molar-refractivity contribution is 0.151. The van der Waals surface area contributed by atoms with Crippen LogP contribution in [0.1, 0.15) is 36.8 Å². The molecule has 3 nitrogen and oxygen atoms in total. The van der Waals surface area contributed by atoms with Gasteiger partial charge in [-0.3, -0.25) is 0 Å². The van der Waals surface area contributed by atoms with Gasteiger partial charge < -0.3 is 9.67 Å². The van der Waals surface area contributed by atoms with Crippen LogP contribution in [0.2, 0.25) is 0 Å². The first-order chi connectivity index (χ1) is 15.3. The van der Waals surface area contributed by atoms with Gasteiger partial charge in [0.1, 0.15) is 11.9 Å². The third-order valence-corrected chi connectivity index (χ3v) is 5.70. The maximum absolute atomic E-state index is 11.1. The maximum atomic E-state index is 11.1. The maximum Gasteiger partial charge on any atom is 0.139 e. The second-order valence-electron chi connectivity index (χ2n) is 7.67. The lowest BCUT2D eigenvalue weighted by Crippen LogP contribution is -2.11. The Labute approximate surface area is 189 Å². The van der Waals surface area contributed by atoms with E-state index < -0.39 is 6.10 Å². The lowest BCUT2D eigenvalue weighted by atomic mass is 10.0. The van der Waals surface area contributed by atoms with E-state index in [4.69, 9.17) is 16.6 Å². The van der Waals surface area contributed by atoms with Crippen molar-refractivity contribution in [2.75, 3.05) is 5.88 Å². The molecule has 0 amide bonds. The highest BCUT2D eigenvalue weighted by molar-refractivity contribution is 6.17. The molecule has 0 aliphatic carbocycles. The number of halogens is 1. The van der Waals surface area contributed by atoms with Crippen LogP contribution >= 0.6 is 11.6 Å². The normalized spacial score (nSPS) is 12.1. The summed E-state index contributed by atoms with van der Waals surface area (Å²) in [5.41, 5.74) is 5.23. The van der Waals surface area contributed by atoms with Crippen LogP contribution in [0, 0.1) is 0 Å². The van der Waals surface area contributed by atoms with Crippen LogP contribution in [-0.4, -0.2) is 20.5 Å². The van der Waals surface area contributed by atoms with Crippen molar-refractivity contribution >= 4 is 11.6 Å². The molecule has 158 valence electrons. The third-order valence-electron chi connectivity index (χ3n) is 5.43. The van der Waals surface area contributed by atoms with Crippen molar-refractivity contribution in [2.24, 2.45) is 0 Å². The third kappa shape index (κ3) is 5.07. The van der Waals surface area contributed by atoms with E-state index in [0.29, 0.717) is 24.7 Å². The zero-order valence-electron chi connectivity index (χ0n) is 17.5. The summed E-state index contributed by atoms with van der Waals surface area (Å²) in [6.45, 7) is 0.646. The molecule has 4 heteroatoms. The number of aromatic nitrogens is 2. The second kappa shape index (κ2) is 10.4. The fraction of sp³-hybridized carbons (Fsp3) is 0.222. The first-order valence-corrected chi connectivity index (χ1v) is 11.3. The minimum absolute atomic E-state index is 0.607. The number of hydrogen-bond acceptors (Lipinski definition) is 2.